The van der Waals surface area contributed by atoms with E-state index in [1.165, 1.54) is 5.56 Å². The first-order valence-electron chi connectivity index (χ1n) is 8.49. The van der Waals surface area contributed by atoms with Crippen molar-refractivity contribution in [3.63, 3.8) is 0 Å². The second kappa shape index (κ2) is 8.29. The summed E-state index contributed by atoms with van der Waals surface area (Å²) in [6.45, 7) is 3.03. The Morgan fingerprint density at radius 2 is 1.88 bits per heavy atom. The fourth-order valence-electron chi connectivity index (χ4n) is 2.79. The lowest BCUT2D eigenvalue weighted by Crippen LogP contribution is -2.37. The number of carbonyl (C=O) groups is 2. The molecule has 2 aromatic rings. The highest BCUT2D eigenvalue weighted by molar-refractivity contribution is 6.31. The van der Waals surface area contributed by atoms with Crippen molar-refractivity contribution < 1.29 is 14.4 Å². The normalized spacial score (nSPS) is 13.3. The van der Waals surface area contributed by atoms with E-state index in [9.17, 15) is 9.59 Å². The van der Waals surface area contributed by atoms with Crippen molar-refractivity contribution >= 4 is 23.7 Å². The molecule has 2 aromatic carbocycles. The molecular weight excluding hydrogens is 330 g/mol. The molecule has 0 spiro atoms. The summed E-state index contributed by atoms with van der Waals surface area (Å²) in [4.78, 5) is 30.7. The third kappa shape index (κ3) is 4.69. The maximum atomic E-state index is 12.2. The van der Waals surface area contributed by atoms with Crippen LogP contribution in [0.4, 0.5) is 5.69 Å². The number of anilines is 1. The molecule has 6 nitrogen and oxygen atoms in total. The quantitative estimate of drug-likeness (QED) is 0.665. The number of nitrogens with one attached hydrogen (secondary N) is 1. The zero-order chi connectivity index (χ0) is 18.4. The van der Waals surface area contributed by atoms with Gasteiger partial charge in [0.05, 0.1) is 0 Å². The van der Waals surface area contributed by atoms with Crippen LogP contribution < -0.4 is 5.32 Å². The molecule has 26 heavy (non-hydrogen) atoms. The van der Waals surface area contributed by atoms with Gasteiger partial charge in [-0.05, 0) is 36.6 Å². The smallest absolute Gasteiger partial charge is 0.270 e. The van der Waals surface area contributed by atoms with E-state index in [0.717, 1.165) is 23.8 Å². The summed E-state index contributed by atoms with van der Waals surface area (Å²) in [6, 6.07) is 15.5. The van der Waals surface area contributed by atoms with Crippen LogP contribution in [0.25, 0.3) is 0 Å². The van der Waals surface area contributed by atoms with Gasteiger partial charge in [0.2, 0.25) is 0 Å². The number of hydrogen-bond acceptors (Lipinski definition) is 4. The minimum absolute atomic E-state index is 0.143. The summed E-state index contributed by atoms with van der Waals surface area (Å²) in [5.41, 5.74) is 4.23. The van der Waals surface area contributed by atoms with Gasteiger partial charge in [0, 0.05) is 18.8 Å². The Bertz CT molecular complexity index is 815. The molecule has 0 radical (unpaired) electrons. The average Bonchev–Trinajstić information content (AvgIpc) is 2.66. The number of carbonyl (C=O) groups excluding carboxylic acids is 2. The molecule has 0 aromatic heterocycles. The van der Waals surface area contributed by atoms with E-state index in [4.69, 9.17) is 4.84 Å². The molecule has 0 fully saturated rings. The molecule has 1 heterocycles. The highest BCUT2D eigenvalue weighted by atomic mass is 16.6. The van der Waals surface area contributed by atoms with Gasteiger partial charge < -0.3 is 15.1 Å². The van der Waals surface area contributed by atoms with Gasteiger partial charge in [-0.3, -0.25) is 9.59 Å². The van der Waals surface area contributed by atoms with Gasteiger partial charge >= 0.3 is 0 Å². The van der Waals surface area contributed by atoms with Crippen LogP contribution in [0.15, 0.2) is 53.7 Å². The largest absolute Gasteiger partial charge is 0.386 e. The molecule has 0 unspecified atom stereocenters. The molecule has 0 saturated carbocycles. The lowest BCUT2D eigenvalue weighted by atomic mass is 10.00. The van der Waals surface area contributed by atoms with Crippen LogP contribution in [0.1, 0.15) is 16.7 Å². The fraction of sp³-hybridized carbons (Fsp3) is 0.250. The van der Waals surface area contributed by atoms with E-state index >= 15 is 0 Å². The number of oxime groups is 1. The van der Waals surface area contributed by atoms with E-state index in [2.05, 4.69) is 16.5 Å². The molecule has 3 rings (SSSR count). The average molecular weight is 351 g/mol. The minimum Gasteiger partial charge on any atom is -0.386 e. The lowest BCUT2D eigenvalue weighted by Gasteiger charge is -2.28. The van der Waals surface area contributed by atoms with Crippen molar-refractivity contribution in [1.82, 2.24) is 4.90 Å². The maximum Gasteiger partial charge on any atom is 0.270 e. The topological polar surface area (TPSA) is 71.0 Å². The Balaban J connectivity index is 1.43. The van der Waals surface area contributed by atoms with Crippen LogP contribution in [0.2, 0.25) is 0 Å². The number of rotatable bonds is 5. The van der Waals surface area contributed by atoms with Crippen molar-refractivity contribution in [2.75, 3.05) is 18.5 Å². The van der Waals surface area contributed by atoms with Crippen LogP contribution in [0.5, 0.6) is 0 Å². The Kier molecular flexibility index (Phi) is 5.63. The van der Waals surface area contributed by atoms with Crippen LogP contribution in [-0.4, -0.2) is 36.1 Å². The summed E-state index contributed by atoms with van der Waals surface area (Å²) in [5.74, 6) is -0.552. The van der Waals surface area contributed by atoms with Gasteiger partial charge in [-0.1, -0.05) is 47.1 Å². The van der Waals surface area contributed by atoms with E-state index in [1.807, 2.05) is 37.3 Å². The molecule has 6 heteroatoms. The van der Waals surface area contributed by atoms with Gasteiger partial charge in [-0.2, -0.15) is 0 Å². The molecule has 1 aliphatic heterocycles. The lowest BCUT2D eigenvalue weighted by molar-refractivity contribution is -0.137. The highest BCUT2D eigenvalue weighted by Gasteiger charge is 2.20. The van der Waals surface area contributed by atoms with Gasteiger partial charge in [0.15, 0.2) is 6.61 Å². The van der Waals surface area contributed by atoms with Crippen LogP contribution in [0.3, 0.4) is 0 Å². The number of amides is 2. The Labute approximate surface area is 152 Å². The van der Waals surface area contributed by atoms with Crippen molar-refractivity contribution in [3.05, 3.63) is 65.2 Å². The first kappa shape index (κ1) is 17.7. The molecule has 0 atom stereocenters. The zero-order valence-corrected chi connectivity index (χ0v) is 14.6. The van der Waals surface area contributed by atoms with Crippen molar-refractivity contribution in [3.8, 4) is 0 Å². The fourth-order valence-corrected chi connectivity index (χ4v) is 2.79. The van der Waals surface area contributed by atoms with E-state index in [-0.39, 0.29) is 12.5 Å². The highest BCUT2D eigenvalue weighted by Crippen LogP contribution is 2.18. The van der Waals surface area contributed by atoms with Gasteiger partial charge in [-0.25, -0.2) is 0 Å². The molecule has 0 bridgehead atoms. The molecule has 2 amide bonds. The first-order valence-corrected chi connectivity index (χ1v) is 8.49. The Hall–Kier alpha value is -3.15. The molecule has 1 aliphatic rings. The van der Waals surface area contributed by atoms with Crippen molar-refractivity contribution in [2.24, 2.45) is 5.16 Å². The summed E-state index contributed by atoms with van der Waals surface area (Å²) in [7, 11) is 0. The number of hydrogen-bond donors (Lipinski definition) is 1. The molecular formula is C20H21N3O3. The summed E-state index contributed by atoms with van der Waals surface area (Å²) < 4.78 is 0. The Morgan fingerprint density at radius 1 is 1.15 bits per heavy atom. The standard InChI is InChI=1S/C20H21N3O3/c1-15-6-8-18(9-7-15)22-19(24)12-21-26-14-20(25)23-11-10-16-4-2-3-5-17(16)13-23/h2-9,12H,10-11,13-14H2,1H3,(H,22,24)/b21-12-. The van der Waals surface area contributed by atoms with Gasteiger partial charge in [0.1, 0.15) is 6.21 Å². The Morgan fingerprint density at radius 3 is 2.65 bits per heavy atom. The van der Waals surface area contributed by atoms with E-state index < -0.39 is 5.91 Å². The van der Waals surface area contributed by atoms with Crippen LogP contribution in [-0.2, 0) is 27.4 Å². The van der Waals surface area contributed by atoms with Gasteiger partial charge in [0.25, 0.3) is 11.8 Å². The summed E-state index contributed by atoms with van der Waals surface area (Å²) >= 11 is 0. The van der Waals surface area contributed by atoms with Crippen molar-refractivity contribution in [2.45, 2.75) is 19.9 Å². The summed E-state index contributed by atoms with van der Waals surface area (Å²) in [5, 5.41) is 6.25. The van der Waals surface area contributed by atoms with Crippen LogP contribution in [0, 0.1) is 6.92 Å². The third-order valence-electron chi connectivity index (χ3n) is 4.23. The minimum atomic E-state index is -0.409. The predicted octanol–water partition coefficient (Wildman–Crippen LogP) is 2.52. The molecule has 134 valence electrons. The van der Waals surface area contributed by atoms with E-state index in [1.54, 1.807) is 17.0 Å². The third-order valence-corrected chi connectivity index (χ3v) is 4.23. The van der Waals surface area contributed by atoms with Crippen molar-refractivity contribution in [1.29, 1.82) is 0 Å². The number of nitrogens with zero attached hydrogens (tertiary/aromatic N) is 2. The summed E-state index contributed by atoms with van der Waals surface area (Å²) in [6.07, 6.45) is 1.86. The van der Waals surface area contributed by atoms with Crippen LogP contribution >= 0.6 is 0 Å². The monoisotopic (exact) mass is 351 g/mol. The number of benzene rings is 2. The predicted molar refractivity (Wildman–Crippen MR) is 99.8 cm³/mol. The molecule has 0 aliphatic carbocycles. The van der Waals surface area contributed by atoms with E-state index in [0.29, 0.717) is 18.8 Å². The second-order valence-electron chi connectivity index (χ2n) is 6.20. The number of aryl methyl sites for hydroxylation is 1. The maximum absolute atomic E-state index is 12.2. The first-order chi connectivity index (χ1) is 12.6. The molecule has 1 N–H and O–H groups in total. The zero-order valence-electron chi connectivity index (χ0n) is 14.6. The van der Waals surface area contributed by atoms with Gasteiger partial charge in [-0.15, -0.1) is 0 Å². The number of fused-ring (bicyclic) bond motifs is 1. The SMILES string of the molecule is Cc1ccc(NC(=O)/C=N\OCC(=O)N2CCc3ccccc3C2)cc1. The second-order valence-corrected chi connectivity index (χ2v) is 6.20. The molecule has 0 saturated heterocycles.